The predicted molar refractivity (Wildman–Crippen MR) is 121 cm³/mol. The summed E-state index contributed by atoms with van der Waals surface area (Å²) in [5, 5.41) is 13.5. The number of pyridine rings is 2. The van der Waals surface area contributed by atoms with Crippen LogP contribution in [0, 0.1) is 0 Å². The molecular formula is C25H24N4O2. The van der Waals surface area contributed by atoms with Crippen LogP contribution in [0.5, 0.6) is 0 Å². The molecule has 1 aromatic carbocycles. The van der Waals surface area contributed by atoms with Gasteiger partial charge in [0.05, 0.1) is 41.5 Å². The van der Waals surface area contributed by atoms with Gasteiger partial charge in [0.1, 0.15) is 6.10 Å². The summed E-state index contributed by atoms with van der Waals surface area (Å²) < 4.78 is 2.20. The molecule has 4 heterocycles. The van der Waals surface area contributed by atoms with Crippen molar-refractivity contribution in [3.05, 3.63) is 83.9 Å². The Labute approximate surface area is 180 Å². The van der Waals surface area contributed by atoms with E-state index in [9.17, 15) is 5.11 Å². The van der Waals surface area contributed by atoms with E-state index in [-0.39, 0.29) is 18.6 Å². The normalized spacial score (nSPS) is 18.2. The third-order valence-corrected chi connectivity index (χ3v) is 5.89. The lowest BCUT2D eigenvalue weighted by Crippen LogP contribution is -2.16. The second-order valence-electron chi connectivity index (χ2n) is 8.00. The molecule has 5 rings (SSSR count). The Hall–Kier alpha value is -3.51. The van der Waals surface area contributed by atoms with Crippen LogP contribution in [-0.2, 0) is 18.0 Å². The molecule has 0 saturated heterocycles. The zero-order chi connectivity index (χ0) is 21.4. The Kier molecular flexibility index (Phi) is 5.00. The first-order valence-corrected chi connectivity index (χ1v) is 10.4. The highest BCUT2D eigenvalue weighted by Crippen LogP contribution is 2.34. The molecule has 0 radical (unpaired) electrons. The van der Waals surface area contributed by atoms with Crippen molar-refractivity contribution < 1.29 is 9.94 Å². The number of aliphatic hydroxyl groups excluding tert-OH is 1. The molecule has 156 valence electrons. The first-order valence-electron chi connectivity index (χ1n) is 10.4. The van der Waals surface area contributed by atoms with E-state index < -0.39 is 0 Å². The average molecular weight is 412 g/mol. The largest absolute Gasteiger partial charge is 0.392 e. The van der Waals surface area contributed by atoms with Gasteiger partial charge in [-0.3, -0.25) is 9.97 Å². The molecule has 2 unspecified atom stereocenters. The molecule has 0 spiro atoms. The quantitative estimate of drug-likeness (QED) is 0.523. The van der Waals surface area contributed by atoms with Gasteiger partial charge in [-0.1, -0.05) is 35.5 Å². The fourth-order valence-electron chi connectivity index (χ4n) is 4.29. The topological polar surface area (TPSA) is 72.5 Å². The van der Waals surface area contributed by atoms with Crippen molar-refractivity contribution in [2.45, 2.75) is 39.0 Å². The van der Waals surface area contributed by atoms with E-state index in [1.807, 2.05) is 68.7 Å². The minimum absolute atomic E-state index is 0.0102. The lowest BCUT2D eigenvalue weighted by atomic mass is 9.92. The van der Waals surface area contributed by atoms with E-state index in [4.69, 9.17) is 9.82 Å². The van der Waals surface area contributed by atoms with Gasteiger partial charge in [0.15, 0.2) is 0 Å². The summed E-state index contributed by atoms with van der Waals surface area (Å²) >= 11 is 0. The average Bonchev–Trinajstić information content (AvgIpc) is 3.33. The molecule has 1 N–H and O–H groups in total. The first kappa shape index (κ1) is 19.5. The standard InChI is InChI=1S/C25H24N4O2/c1-16-24(17(2)31-28-16)20-11-23-25(27-12-20)22(19-8-6-18(15-30)7-9-19)14-29(23)13-21-5-3-4-10-26-21/h3-12,14,17,24,30H,13,15H2,1-2H3. The monoisotopic (exact) mass is 412 g/mol. The minimum Gasteiger partial charge on any atom is -0.392 e. The van der Waals surface area contributed by atoms with Gasteiger partial charge in [-0.2, -0.15) is 0 Å². The maximum absolute atomic E-state index is 9.37. The molecule has 6 nitrogen and oxygen atoms in total. The fourth-order valence-corrected chi connectivity index (χ4v) is 4.29. The van der Waals surface area contributed by atoms with Crippen molar-refractivity contribution in [2.75, 3.05) is 0 Å². The van der Waals surface area contributed by atoms with Crippen molar-refractivity contribution in [3.63, 3.8) is 0 Å². The van der Waals surface area contributed by atoms with E-state index in [1.54, 1.807) is 0 Å². The maximum Gasteiger partial charge on any atom is 0.137 e. The molecule has 4 aromatic rings. The Bertz CT molecular complexity index is 1250. The zero-order valence-electron chi connectivity index (χ0n) is 17.6. The van der Waals surface area contributed by atoms with Crippen LogP contribution in [0.1, 0.15) is 36.6 Å². The predicted octanol–water partition coefficient (Wildman–Crippen LogP) is 4.52. The van der Waals surface area contributed by atoms with Crippen molar-refractivity contribution in [2.24, 2.45) is 5.16 Å². The lowest BCUT2D eigenvalue weighted by Gasteiger charge is -2.14. The van der Waals surface area contributed by atoms with Crippen LogP contribution in [-0.4, -0.2) is 31.5 Å². The van der Waals surface area contributed by atoms with Gasteiger partial charge in [0, 0.05) is 24.2 Å². The maximum atomic E-state index is 9.37. The van der Waals surface area contributed by atoms with E-state index in [1.165, 1.54) is 0 Å². The summed E-state index contributed by atoms with van der Waals surface area (Å²) in [6.07, 6.45) is 5.88. The summed E-state index contributed by atoms with van der Waals surface area (Å²) in [5.74, 6) is 0.0994. The van der Waals surface area contributed by atoms with Crippen molar-refractivity contribution in [1.82, 2.24) is 14.5 Å². The molecule has 2 atom stereocenters. The Morgan fingerprint density at radius 3 is 2.61 bits per heavy atom. The highest BCUT2D eigenvalue weighted by atomic mass is 16.6. The molecule has 31 heavy (non-hydrogen) atoms. The van der Waals surface area contributed by atoms with Gasteiger partial charge in [-0.25, -0.2) is 0 Å². The Morgan fingerprint density at radius 2 is 1.94 bits per heavy atom. The first-order chi connectivity index (χ1) is 15.1. The molecular weight excluding hydrogens is 388 g/mol. The van der Waals surface area contributed by atoms with Crippen LogP contribution in [0.3, 0.4) is 0 Å². The summed E-state index contributed by atoms with van der Waals surface area (Å²) in [4.78, 5) is 14.9. The molecule has 1 aliphatic heterocycles. The molecule has 3 aromatic heterocycles. The Morgan fingerprint density at radius 1 is 1.10 bits per heavy atom. The number of aliphatic hydroxyl groups is 1. The number of benzene rings is 1. The van der Waals surface area contributed by atoms with Gasteiger partial charge in [0.25, 0.3) is 0 Å². The molecule has 0 aliphatic carbocycles. The van der Waals surface area contributed by atoms with Crippen LogP contribution in [0.25, 0.3) is 22.2 Å². The van der Waals surface area contributed by atoms with Crippen LogP contribution in [0.15, 0.2) is 72.3 Å². The van der Waals surface area contributed by atoms with Crippen molar-refractivity contribution >= 4 is 16.7 Å². The minimum atomic E-state index is -0.0102. The van der Waals surface area contributed by atoms with E-state index in [0.29, 0.717) is 6.54 Å². The molecule has 0 amide bonds. The summed E-state index contributed by atoms with van der Waals surface area (Å²) in [7, 11) is 0. The number of nitrogens with zero attached hydrogens (tertiary/aromatic N) is 4. The third-order valence-electron chi connectivity index (χ3n) is 5.89. The summed E-state index contributed by atoms with van der Waals surface area (Å²) in [6.45, 7) is 4.72. The molecule has 6 heteroatoms. The van der Waals surface area contributed by atoms with Crippen LogP contribution in [0.2, 0.25) is 0 Å². The third kappa shape index (κ3) is 3.59. The highest BCUT2D eigenvalue weighted by Gasteiger charge is 2.30. The molecule has 1 aliphatic rings. The number of hydrogen-bond donors (Lipinski definition) is 1. The van der Waals surface area contributed by atoms with E-state index in [2.05, 4.69) is 27.0 Å². The number of oxime groups is 1. The van der Waals surface area contributed by atoms with Crippen LogP contribution < -0.4 is 0 Å². The van der Waals surface area contributed by atoms with E-state index >= 15 is 0 Å². The van der Waals surface area contributed by atoms with Crippen molar-refractivity contribution in [3.8, 4) is 11.1 Å². The summed E-state index contributed by atoms with van der Waals surface area (Å²) in [6, 6.07) is 16.1. The molecule has 0 saturated carbocycles. The number of aromatic nitrogens is 3. The van der Waals surface area contributed by atoms with Gasteiger partial charge in [-0.15, -0.1) is 0 Å². The lowest BCUT2D eigenvalue weighted by molar-refractivity contribution is 0.0904. The zero-order valence-corrected chi connectivity index (χ0v) is 17.6. The second-order valence-corrected chi connectivity index (χ2v) is 8.00. The number of fused-ring (bicyclic) bond motifs is 1. The number of hydrogen-bond acceptors (Lipinski definition) is 5. The molecule has 0 fully saturated rings. The van der Waals surface area contributed by atoms with Crippen LogP contribution >= 0.6 is 0 Å². The van der Waals surface area contributed by atoms with E-state index in [0.717, 1.165) is 44.7 Å². The van der Waals surface area contributed by atoms with Crippen LogP contribution in [0.4, 0.5) is 0 Å². The fraction of sp³-hybridized carbons (Fsp3) is 0.240. The van der Waals surface area contributed by atoms with Gasteiger partial charge < -0.3 is 14.5 Å². The van der Waals surface area contributed by atoms with Crippen molar-refractivity contribution in [1.29, 1.82) is 0 Å². The Balaban J connectivity index is 1.64. The smallest absolute Gasteiger partial charge is 0.137 e. The number of rotatable bonds is 5. The second kappa shape index (κ2) is 7.96. The highest BCUT2D eigenvalue weighted by molar-refractivity contribution is 5.95. The SMILES string of the molecule is CC1=NOC(C)C1c1cnc2c(-c3ccc(CO)cc3)cn(Cc3ccccn3)c2c1. The van der Waals surface area contributed by atoms with Gasteiger partial charge in [0.2, 0.25) is 0 Å². The van der Waals surface area contributed by atoms with Gasteiger partial charge >= 0.3 is 0 Å². The van der Waals surface area contributed by atoms with Gasteiger partial charge in [-0.05, 0) is 48.7 Å². The molecule has 0 bridgehead atoms. The summed E-state index contributed by atoms with van der Waals surface area (Å²) in [5.41, 5.74) is 8.07.